The molecule has 0 saturated carbocycles. The molecule has 0 saturated heterocycles. The van der Waals surface area contributed by atoms with Crippen LogP contribution in [0.4, 0.5) is 0 Å². The Bertz CT molecular complexity index is 11.5. The first-order chi connectivity index (χ1) is 0. The SMILES string of the molecule is Cl.Cl.O.O.[CaH2].[KH]. The summed E-state index contributed by atoms with van der Waals surface area (Å²) in [6, 6.07) is 0. The Balaban J connectivity index is 0. The molecule has 0 aliphatic heterocycles. The molecule has 0 unspecified atom stereocenters. The van der Waals surface area contributed by atoms with E-state index in [0.717, 1.165) is 0 Å². The van der Waals surface area contributed by atoms with E-state index in [2.05, 4.69) is 0 Å². The van der Waals surface area contributed by atoms with Crippen molar-refractivity contribution < 1.29 is 11.0 Å². The fourth-order valence-electron chi connectivity index (χ4n) is 0. The zero-order valence-corrected chi connectivity index (χ0v) is 3.45. The second-order valence-corrected chi connectivity index (χ2v) is 0. The average Bonchev–Trinajstić information content (AvgIpc) is 0. The van der Waals surface area contributed by atoms with Gasteiger partial charge in [0.25, 0.3) is 0 Å². The second-order valence-electron chi connectivity index (χ2n) is 0. The van der Waals surface area contributed by atoms with Gasteiger partial charge >= 0.3 is 89.1 Å². The predicted octanol–water partition coefficient (Wildman–Crippen LogP) is -2.37. The van der Waals surface area contributed by atoms with E-state index >= 15 is 0 Å². The van der Waals surface area contributed by atoms with Gasteiger partial charge in [0.15, 0.2) is 0 Å². The van der Waals surface area contributed by atoms with Gasteiger partial charge < -0.3 is 11.0 Å². The summed E-state index contributed by atoms with van der Waals surface area (Å²) in [5.74, 6) is 0. The summed E-state index contributed by atoms with van der Waals surface area (Å²) in [6.07, 6.45) is 0. The molecule has 0 amide bonds. The zero-order chi connectivity index (χ0) is 0. The molecule has 0 heterocycles. The Labute approximate surface area is 122 Å². The minimum absolute atomic E-state index is 0. The quantitative estimate of drug-likeness (QED) is 0.384. The monoisotopic (exact) mass is 190 g/mol. The van der Waals surface area contributed by atoms with Gasteiger partial charge in [-0.2, -0.15) is 0 Å². The van der Waals surface area contributed by atoms with Crippen molar-refractivity contribution in [1.82, 2.24) is 0 Å². The third-order valence-corrected chi connectivity index (χ3v) is 0. The fraction of sp³-hybridized carbons (Fsp3) is 0. The number of hydrogen-bond acceptors (Lipinski definition) is 0. The Morgan fingerprint density at radius 3 is 0.667 bits per heavy atom. The van der Waals surface area contributed by atoms with Crippen molar-refractivity contribution in [1.29, 1.82) is 0 Å². The van der Waals surface area contributed by atoms with E-state index in [0.29, 0.717) is 0 Å². The molecule has 6 heteroatoms. The summed E-state index contributed by atoms with van der Waals surface area (Å²) in [5.41, 5.74) is 0. The molecule has 0 atom stereocenters. The summed E-state index contributed by atoms with van der Waals surface area (Å²) in [4.78, 5) is 0. The molecule has 0 rings (SSSR count). The van der Waals surface area contributed by atoms with Crippen LogP contribution < -0.4 is 0 Å². The minimum atomic E-state index is 0. The van der Waals surface area contributed by atoms with Crippen LogP contribution >= 0.6 is 24.8 Å². The Hall–Kier alpha value is 3.40. The first-order valence-corrected chi connectivity index (χ1v) is 0. The van der Waals surface area contributed by atoms with Crippen molar-refractivity contribution in [2.75, 3.05) is 0 Å². The third kappa shape index (κ3) is 26.2. The zero-order valence-electron chi connectivity index (χ0n) is 1.82. The van der Waals surface area contributed by atoms with Gasteiger partial charge in [0.05, 0.1) is 0 Å². The van der Waals surface area contributed by atoms with Crippen LogP contribution in [0.1, 0.15) is 0 Å². The molecular formula is H9CaCl2KO2. The number of hydrogen-bond donors (Lipinski definition) is 0. The van der Waals surface area contributed by atoms with Crippen LogP contribution in [0.15, 0.2) is 0 Å². The molecule has 0 aromatic carbocycles. The van der Waals surface area contributed by atoms with Gasteiger partial charge in [-0.25, -0.2) is 0 Å². The van der Waals surface area contributed by atoms with E-state index in [1.54, 1.807) is 0 Å². The van der Waals surface area contributed by atoms with Crippen LogP contribution in [0, 0.1) is 0 Å². The summed E-state index contributed by atoms with van der Waals surface area (Å²) < 4.78 is 0. The van der Waals surface area contributed by atoms with Crippen molar-refractivity contribution in [2.24, 2.45) is 0 Å². The van der Waals surface area contributed by atoms with Crippen molar-refractivity contribution >= 4 is 114 Å². The fourth-order valence-corrected chi connectivity index (χ4v) is 0. The van der Waals surface area contributed by atoms with Gasteiger partial charge in [-0.1, -0.05) is 0 Å². The van der Waals surface area contributed by atoms with E-state index in [1.165, 1.54) is 0 Å². The van der Waals surface area contributed by atoms with E-state index in [9.17, 15) is 0 Å². The molecule has 0 aromatic heterocycles. The molecule has 0 fully saturated rings. The molecule has 38 valence electrons. The molecule has 0 aliphatic carbocycles. The van der Waals surface area contributed by atoms with E-state index in [4.69, 9.17) is 0 Å². The van der Waals surface area contributed by atoms with Crippen LogP contribution in [-0.2, 0) is 0 Å². The van der Waals surface area contributed by atoms with E-state index in [1.807, 2.05) is 0 Å². The first-order valence-electron chi connectivity index (χ1n) is 0. The van der Waals surface area contributed by atoms with Gasteiger partial charge in [-0.15, -0.1) is 24.8 Å². The number of halogens is 2. The predicted molar refractivity (Wildman–Crippen MR) is 37.4 cm³/mol. The summed E-state index contributed by atoms with van der Waals surface area (Å²) in [6.45, 7) is 0. The summed E-state index contributed by atoms with van der Waals surface area (Å²) >= 11 is 0. The molecular weight excluding hydrogens is 182 g/mol. The third-order valence-electron chi connectivity index (χ3n) is 0. The van der Waals surface area contributed by atoms with Crippen LogP contribution in [0.25, 0.3) is 0 Å². The summed E-state index contributed by atoms with van der Waals surface area (Å²) in [5, 5.41) is 0. The Morgan fingerprint density at radius 2 is 0.667 bits per heavy atom. The number of rotatable bonds is 0. The molecule has 6 heavy (non-hydrogen) atoms. The standard InChI is InChI=1S/Ca.2ClH.K.2H2O.3H/h;2*1H;;2*1H2;;;. The maximum absolute atomic E-state index is 0. The molecule has 0 aromatic rings. The van der Waals surface area contributed by atoms with Crippen LogP contribution in [-0.4, -0.2) is 100 Å². The van der Waals surface area contributed by atoms with Crippen LogP contribution in [0.3, 0.4) is 0 Å². The Kier molecular flexibility index (Phi) is 381. The topological polar surface area (TPSA) is 63.0 Å². The van der Waals surface area contributed by atoms with Gasteiger partial charge in [0.2, 0.25) is 0 Å². The molecule has 0 bridgehead atoms. The Morgan fingerprint density at radius 1 is 0.667 bits per heavy atom. The van der Waals surface area contributed by atoms with Gasteiger partial charge in [0, 0.05) is 0 Å². The second kappa shape index (κ2) is 39.8. The average molecular weight is 191 g/mol. The van der Waals surface area contributed by atoms with Crippen molar-refractivity contribution in [2.45, 2.75) is 0 Å². The van der Waals surface area contributed by atoms with Crippen LogP contribution in [0.2, 0.25) is 0 Å². The molecule has 4 N–H and O–H groups in total. The first kappa shape index (κ1) is 57.4. The maximum atomic E-state index is 0. The van der Waals surface area contributed by atoms with Gasteiger partial charge in [-0.05, 0) is 0 Å². The van der Waals surface area contributed by atoms with E-state index in [-0.39, 0.29) is 125 Å². The van der Waals surface area contributed by atoms with Crippen molar-refractivity contribution in [3.8, 4) is 0 Å². The van der Waals surface area contributed by atoms with Crippen LogP contribution in [0.5, 0.6) is 0 Å². The van der Waals surface area contributed by atoms with E-state index < -0.39 is 0 Å². The molecule has 0 radical (unpaired) electrons. The van der Waals surface area contributed by atoms with Gasteiger partial charge in [-0.3, -0.25) is 0 Å². The van der Waals surface area contributed by atoms with Crippen molar-refractivity contribution in [3.63, 3.8) is 0 Å². The van der Waals surface area contributed by atoms with Gasteiger partial charge in [0.1, 0.15) is 0 Å². The molecule has 2 nitrogen and oxygen atoms in total. The molecule has 0 spiro atoms. The summed E-state index contributed by atoms with van der Waals surface area (Å²) in [7, 11) is 0. The van der Waals surface area contributed by atoms with Crippen molar-refractivity contribution in [3.05, 3.63) is 0 Å². The normalized spacial score (nSPS) is 0. The molecule has 0 aliphatic rings.